The minimum atomic E-state index is -3.80. The maximum atomic E-state index is 13.2. The lowest BCUT2D eigenvalue weighted by atomic mass is 10.1. The Hall–Kier alpha value is -3.26. The van der Waals surface area contributed by atoms with E-state index in [1.807, 2.05) is 12.1 Å². The molecule has 142 valence electrons. The van der Waals surface area contributed by atoms with Gasteiger partial charge in [0.25, 0.3) is 10.0 Å². The summed E-state index contributed by atoms with van der Waals surface area (Å²) in [5.41, 5.74) is 1.90. The first kappa shape index (κ1) is 16.9. The van der Waals surface area contributed by atoms with Crippen LogP contribution in [0.5, 0.6) is 0 Å². The third-order valence-corrected chi connectivity index (χ3v) is 6.88. The van der Waals surface area contributed by atoms with E-state index in [9.17, 15) is 18.3 Å². The molecule has 8 heteroatoms. The van der Waals surface area contributed by atoms with Gasteiger partial charge in [0, 0.05) is 35.5 Å². The van der Waals surface area contributed by atoms with Gasteiger partial charge in [0.2, 0.25) is 0 Å². The normalized spacial score (nSPS) is 14.5. The Morgan fingerprint density at radius 1 is 1.11 bits per heavy atom. The van der Waals surface area contributed by atoms with Gasteiger partial charge in [-0.25, -0.2) is 17.2 Å². The van der Waals surface area contributed by atoms with Gasteiger partial charge in [-0.1, -0.05) is 18.2 Å². The van der Waals surface area contributed by atoms with E-state index in [4.69, 9.17) is 4.42 Å². The summed E-state index contributed by atoms with van der Waals surface area (Å²) in [6.45, 7) is 0.552. The zero-order chi connectivity index (χ0) is 19.5. The molecule has 1 aliphatic rings. The molecule has 0 radical (unpaired) electrons. The number of amides is 1. The lowest BCUT2D eigenvalue weighted by Gasteiger charge is -2.23. The SMILES string of the molecule is O=C(O)N1CCc2oc3ccc(S(=O)(=O)n4ccc5ccccc54)cc3c2C1. The fourth-order valence-corrected chi connectivity index (χ4v) is 5.14. The van der Waals surface area contributed by atoms with Crippen LogP contribution < -0.4 is 0 Å². The summed E-state index contributed by atoms with van der Waals surface area (Å²) in [5, 5.41) is 10.8. The molecule has 1 aliphatic heterocycles. The molecule has 1 amide bonds. The van der Waals surface area contributed by atoms with Crippen molar-refractivity contribution in [2.24, 2.45) is 0 Å². The van der Waals surface area contributed by atoms with E-state index in [1.165, 1.54) is 14.9 Å². The van der Waals surface area contributed by atoms with Gasteiger partial charge in [-0.15, -0.1) is 0 Å². The number of furan rings is 1. The predicted octanol–water partition coefficient (Wildman–Crippen LogP) is 3.66. The van der Waals surface area contributed by atoms with Crippen molar-refractivity contribution in [3.63, 3.8) is 0 Å². The van der Waals surface area contributed by atoms with Gasteiger partial charge in [0.05, 0.1) is 17.0 Å². The molecule has 0 saturated heterocycles. The van der Waals surface area contributed by atoms with E-state index in [0.717, 1.165) is 10.9 Å². The second kappa shape index (κ2) is 5.87. The van der Waals surface area contributed by atoms with Crippen molar-refractivity contribution in [1.29, 1.82) is 0 Å². The van der Waals surface area contributed by atoms with Crippen LogP contribution in [0.1, 0.15) is 11.3 Å². The summed E-state index contributed by atoms with van der Waals surface area (Å²) in [4.78, 5) is 12.8. The Bertz CT molecular complexity index is 1350. The van der Waals surface area contributed by atoms with Gasteiger partial charge in [0.1, 0.15) is 11.3 Å². The molecule has 3 heterocycles. The summed E-state index contributed by atoms with van der Waals surface area (Å²) >= 11 is 0. The van der Waals surface area contributed by atoms with E-state index in [2.05, 4.69) is 0 Å². The summed E-state index contributed by atoms with van der Waals surface area (Å²) in [5.74, 6) is 0.716. The van der Waals surface area contributed by atoms with Gasteiger partial charge in [-0.05, 0) is 30.3 Å². The topological polar surface area (TPSA) is 92.8 Å². The predicted molar refractivity (Wildman–Crippen MR) is 103 cm³/mol. The largest absolute Gasteiger partial charge is 0.465 e. The molecule has 0 aliphatic carbocycles. The van der Waals surface area contributed by atoms with Crippen LogP contribution in [0.15, 0.2) is 64.0 Å². The second-order valence-corrected chi connectivity index (χ2v) is 8.61. The molecule has 0 fully saturated rings. The van der Waals surface area contributed by atoms with Crippen molar-refractivity contribution in [2.75, 3.05) is 6.54 Å². The lowest BCUT2D eigenvalue weighted by Crippen LogP contribution is -2.34. The highest BCUT2D eigenvalue weighted by atomic mass is 32.2. The number of aromatic nitrogens is 1. The summed E-state index contributed by atoms with van der Waals surface area (Å²) < 4.78 is 33.6. The first-order chi connectivity index (χ1) is 13.4. The van der Waals surface area contributed by atoms with Crippen LogP contribution in [-0.2, 0) is 23.0 Å². The van der Waals surface area contributed by atoms with E-state index in [1.54, 1.807) is 36.5 Å². The molecule has 0 bridgehead atoms. The van der Waals surface area contributed by atoms with Gasteiger partial charge in [-0.3, -0.25) is 0 Å². The number of nitrogens with zero attached hydrogens (tertiary/aromatic N) is 2. The Labute approximate surface area is 160 Å². The summed E-state index contributed by atoms with van der Waals surface area (Å²) in [7, 11) is -3.80. The van der Waals surface area contributed by atoms with Crippen molar-refractivity contribution in [3.8, 4) is 0 Å². The number of benzene rings is 2. The average Bonchev–Trinajstić information content (AvgIpc) is 3.28. The van der Waals surface area contributed by atoms with E-state index >= 15 is 0 Å². The van der Waals surface area contributed by atoms with Crippen molar-refractivity contribution >= 4 is 38.0 Å². The van der Waals surface area contributed by atoms with Crippen molar-refractivity contribution in [1.82, 2.24) is 8.87 Å². The number of carboxylic acid groups (broad SMARTS) is 1. The second-order valence-electron chi connectivity index (χ2n) is 6.79. The maximum absolute atomic E-state index is 13.2. The van der Waals surface area contributed by atoms with Crippen LogP contribution in [0.25, 0.3) is 21.9 Å². The van der Waals surface area contributed by atoms with Gasteiger partial charge in [-0.2, -0.15) is 0 Å². The molecule has 4 aromatic rings. The fourth-order valence-electron chi connectivity index (χ4n) is 3.76. The van der Waals surface area contributed by atoms with Gasteiger partial charge in [0.15, 0.2) is 0 Å². The molecule has 2 aromatic carbocycles. The quantitative estimate of drug-likeness (QED) is 0.558. The van der Waals surface area contributed by atoms with Crippen molar-refractivity contribution in [2.45, 2.75) is 17.9 Å². The van der Waals surface area contributed by atoms with E-state index < -0.39 is 16.1 Å². The van der Waals surface area contributed by atoms with Crippen LogP contribution in [0.4, 0.5) is 4.79 Å². The van der Waals surface area contributed by atoms with Crippen LogP contribution >= 0.6 is 0 Å². The fraction of sp³-hybridized carbons (Fsp3) is 0.150. The first-order valence-electron chi connectivity index (χ1n) is 8.79. The zero-order valence-electron chi connectivity index (χ0n) is 14.7. The number of carbonyl (C=O) groups is 1. The number of hydrogen-bond donors (Lipinski definition) is 1. The highest BCUT2D eigenvalue weighted by Crippen LogP contribution is 2.33. The highest BCUT2D eigenvalue weighted by molar-refractivity contribution is 7.90. The summed E-state index contributed by atoms with van der Waals surface area (Å²) in [6, 6.07) is 13.8. The number of para-hydroxylation sites is 1. The smallest absolute Gasteiger partial charge is 0.407 e. The Morgan fingerprint density at radius 2 is 1.93 bits per heavy atom. The highest BCUT2D eigenvalue weighted by Gasteiger charge is 2.27. The molecule has 0 atom stereocenters. The zero-order valence-corrected chi connectivity index (χ0v) is 15.5. The Balaban J connectivity index is 1.66. The Morgan fingerprint density at radius 3 is 2.75 bits per heavy atom. The molecule has 0 spiro atoms. The molecule has 7 nitrogen and oxygen atoms in total. The molecule has 1 N–H and O–H groups in total. The van der Waals surface area contributed by atoms with E-state index in [-0.39, 0.29) is 11.4 Å². The molecule has 0 unspecified atom stereocenters. The van der Waals surface area contributed by atoms with Crippen LogP contribution in [0, 0.1) is 0 Å². The van der Waals surface area contributed by atoms with Crippen molar-refractivity contribution in [3.05, 3.63) is 66.1 Å². The standard InChI is InChI=1S/C20H16N2O5S/c23-20(24)21-9-8-19-16(12-21)15-11-14(5-6-18(15)27-19)28(25,26)22-10-7-13-3-1-2-4-17(13)22/h1-7,10-11H,8-9,12H2,(H,23,24). The molecule has 28 heavy (non-hydrogen) atoms. The number of hydrogen-bond acceptors (Lipinski definition) is 4. The molecule has 5 rings (SSSR count). The van der Waals surface area contributed by atoms with Gasteiger partial charge < -0.3 is 14.4 Å². The monoisotopic (exact) mass is 396 g/mol. The lowest BCUT2D eigenvalue weighted by molar-refractivity contribution is 0.138. The average molecular weight is 396 g/mol. The molecular weight excluding hydrogens is 380 g/mol. The number of fused-ring (bicyclic) bond motifs is 4. The third kappa shape index (κ3) is 2.41. The minimum Gasteiger partial charge on any atom is -0.465 e. The van der Waals surface area contributed by atoms with E-state index in [0.29, 0.717) is 35.2 Å². The number of rotatable bonds is 2. The van der Waals surface area contributed by atoms with Gasteiger partial charge >= 0.3 is 6.09 Å². The Kier molecular flexibility index (Phi) is 3.54. The summed E-state index contributed by atoms with van der Waals surface area (Å²) in [6.07, 6.45) is 1.02. The van der Waals surface area contributed by atoms with Crippen LogP contribution in [0.3, 0.4) is 0 Å². The van der Waals surface area contributed by atoms with Crippen LogP contribution in [0.2, 0.25) is 0 Å². The molecular formula is C20H16N2O5S. The maximum Gasteiger partial charge on any atom is 0.407 e. The van der Waals surface area contributed by atoms with Crippen molar-refractivity contribution < 1.29 is 22.7 Å². The minimum absolute atomic E-state index is 0.136. The first-order valence-corrected chi connectivity index (χ1v) is 10.2. The molecule has 0 saturated carbocycles. The molecule has 2 aromatic heterocycles. The van der Waals surface area contributed by atoms with Crippen LogP contribution in [-0.4, -0.2) is 35.0 Å². The third-order valence-electron chi connectivity index (χ3n) is 5.19.